The van der Waals surface area contributed by atoms with Crippen LogP contribution < -0.4 is 0 Å². The second-order valence-corrected chi connectivity index (χ2v) is 16.0. The number of aromatic hydroxyl groups is 1. The van der Waals surface area contributed by atoms with Crippen molar-refractivity contribution in [3.05, 3.63) is 130 Å². The van der Waals surface area contributed by atoms with Gasteiger partial charge in [-0.05, 0) is 81.7 Å². The minimum Gasteiger partial charge on any atom is -0.679 e. The van der Waals surface area contributed by atoms with Gasteiger partial charge in [-0.2, -0.15) is 0 Å². The van der Waals surface area contributed by atoms with Gasteiger partial charge >= 0.3 is 0 Å². The van der Waals surface area contributed by atoms with E-state index in [2.05, 4.69) is 155 Å². The smallest absolute Gasteiger partial charge is 0.131 e. The molecule has 0 bridgehead atoms. The molecule has 0 radical (unpaired) electrons. The van der Waals surface area contributed by atoms with E-state index in [1.165, 1.54) is 22.3 Å². The van der Waals surface area contributed by atoms with Crippen LogP contribution in [0.25, 0.3) is 38.8 Å². The molecule has 3 nitrogen and oxygen atoms in total. The van der Waals surface area contributed by atoms with Gasteiger partial charge in [-0.25, -0.2) is 0 Å². The average Bonchev–Trinajstić information content (AvgIpc) is 3.03. The molecule has 254 valence electrons. The third-order valence-corrected chi connectivity index (χ3v) is 9.27. The van der Waals surface area contributed by atoms with Crippen molar-refractivity contribution in [2.75, 3.05) is 0 Å². The van der Waals surface area contributed by atoms with Crippen molar-refractivity contribution in [3.8, 4) is 39.3 Å². The Labute approximate surface area is 314 Å². The molecule has 4 heteroatoms. The molecular weight excluding hydrogens is 763 g/mol. The normalized spacial score (nSPS) is 11.9. The van der Waals surface area contributed by atoms with Crippen molar-refractivity contribution >= 4 is 5.69 Å². The van der Waals surface area contributed by atoms with Crippen LogP contribution in [-0.2, 0) is 43.2 Å². The van der Waals surface area contributed by atoms with Crippen LogP contribution in [0.4, 0.5) is 5.69 Å². The zero-order valence-corrected chi connectivity index (χ0v) is 35.0. The third-order valence-electron chi connectivity index (χ3n) is 9.27. The largest absolute Gasteiger partial charge is 0.679 e. The Bertz CT molecular complexity index is 1870. The van der Waals surface area contributed by atoms with Gasteiger partial charge in [0, 0.05) is 48.2 Å². The summed E-state index contributed by atoms with van der Waals surface area (Å²) in [6.45, 7) is 25.0. The van der Waals surface area contributed by atoms with E-state index in [1.54, 1.807) is 0 Å². The van der Waals surface area contributed by atoms with E-state index in [4.69, 9.17) is 10.3 Å². The quantitative estimate of drug-likeness (QED) is 0.159. The summed E-state index contributed by atoms with van der Waals surface area (Å²) in [6, 6.07) is 32.0. The number of phenols is 1. The molecule has 1 aromatic heterocycles. The molecule has 0 unspecified atom stereocenters. The van der Waals surface area contributed by atoms with E-state index < -0.39 is 0 Å². The molecular formula is C45H53HfN2O-. The van der Waals surface area contributed by atoms with E-state index in [0.29, 0.717) is 18.4 Å². The number of aromatic nitrogens is 1. The number of benzene rings is 4. The molecule has 0 spiro atoms. The molecule has 1 N–H and O–H groups in total. The monoisotopic (exact) mass is 817 g/mol. The molecule has 5 aromatic rings. The van der Waals surface area contributed by atoms with E-state index in [0.717, 1.165) is 50.5 Å². The van der Waals surface area contributed by atoms with Gasteiger partial charge in [0.05, 0.1) is 5.69 Å². The van der Waals surface area contributed by atoms with Gasteiger partial charge in [0.1, 0.15) is 5.75 Å². The molecule has 4 aromatic carbocycles. The maximum Gasteiger partial charge on any atom is 0.131 e. The average molecular weight is 816 g/mol. The number of phenolic OH excluding ortho intramolecular Hbond substituents is 1. The second kappa shape index (κ2) is 15.2. The molecule has 49 heavy (non-hydrogen) atoms. The Morgan fingerprint density at radius 3 is 1.71 bits per heavy atom. The van der Waals surface area contributed by atoms with Gasteiger partial charge in [-0.15, -0.1) is 5.69 Å². The predicted molar refractivity (Wildman–Crippen MR) is 206 cm³/mol. The first-order chi connectivity index (χ1) is 22.5. The van der Waals surface area contributed by atoms with Gasteiger partial charge in [0.25, 0.3) is 0 Å². The first-order valence-electron chi connectivity index (χ1n) is 17.4. The van der Waals surface area contributed by atoms with Gasteiger partial charge in [-0.1, -0.05) is 154 Å². The minimum atomic E-state index is -0.0267. The number of pyridine rings is 1. The Morgan fingerprint density at radius 2 is 1.16 bits per heavy atom. The molecule has 0 amide bonds. The molecule has 5 rings (SSSR count). The first kappa shape index (κ1) is 38.3. The van der Waals surface area contributed by atoms with Crippen LogP contribution >= 0.6 is 0 Å². The molecule has 0 aliphatic rings. The number of nitrogens with zero attached hydrogens (tertiary/aromatic N) is 2. The van der Waals surface area contributed by atoms with Gasteiger partial charge in [-0.3, -0.25) is 4.98 Å². The summed E-state index contributed by atoms with van der Waals surface area (Å²) < 4.78 is 0. The van der Waals surface area contributed by atoms with Crippen LogP contribution in [0, 0.1) is 6.92 Å². The molecule has 0 fully saturated rings. The standard InChI is InChI=1S/C45H53N2O.Hf/c1-28(2)35-19-15-20-36(29(3)4)42(35)46-27-34-16-14-21-41(47-34)38-18-13-12-17-37(38)40-23-30(5)22-39(43(40)48)31-24-32(44(6,7)8)26-33(25-31)45(9,10)11;/h12-26,28-29H,27H2,1-11H3,(H,47,48);/q-1;. The van der Waals surface area contributed by atoms with Gasteiger partial charge < -0.3 is 10.4 Å². The SMILES string of the molecule is Cc1cc(-c2cc(C(C)(C)C)cc(C(C)(C)C)c2)c(O)c(-c2ccccc2-c2cccc(C[N-]c3c(C(C)C)cccc3C(C)C)n2)c1.[Hf]. The minimum absolute atomic E-state index is 0. The molecule has 0 aliphatic carbocycles. The van der Waals surface area contributed by atoms with Crippen LogP contribution in [0.3, 0.4) is 0 Å². The fourth-order valence-corrected chi connectivity index (χ4v) is 6.37. The van der Waals surface area contributed by atoms with Gasteiger partial charge in [0.2, 0.25) is 0 Å². The summed E-state index contributed by atoms with van der Waals surface area (Å²) in [5.74, 6) is 1.06. The van der Waals surface area contributed by atoms with Crippen LogP contribution in [0.1, 0.15) is 115 Å². The van der Waals surface area contributed by atoms with Crippen molar-refractivity contribution in [2.24, 2.45) is 0 Å². The summed E-state index contributed by atoms with van der Waals surface area (Å²) in [5.41, 5.74) is 13.6. The van der Waals surface area contributed by atoms with Crippen LogP contribution in [0.15, 0.2) is 91.0 Å². The maximum absolute atomic E-state index is 12.0. The number of para-hydroxylation sites is 1. The molecule has 0 aliphatic heterocycles. The summed E-state index contributed by atoms with van der Waals surface area (Å²) in [6.07, 6.45) is 0. The molecule has 0 saturated heterocycles. The van der Waals surface area contributed by atoms with Crippen molar-refractivity contribution < 1.29 is 30.9 Å². The Balaban J connectivity index is 0.00000541. The van der Waals surface area contributed by atoms with E-state index in [-0.39, 0.29) is 42.4 Å². The number of rotatable bonds is 8. The molecule has 1 heterocycles. The van der Waals surface area contributed by atoms with Crippen molar-refractivity contribution in [3.63, 3.8) is 0 Å². The summed E-state index contributed by atoms with van der Waals surface area (Å²) in [5, 5.41) is 17.2. The van der Waals surface area contributed by atoms with Crippen LogP contribution in [0.5, 0.6) is 5.75 Å². The number of aryl methyl sites for hydroxylation is 1. The third kappa shape index (κ3) is 8.63. The van der Waals surface area contributed by atoms with Gasteiger partial charge in [0.15, 0.2) is 0 Å². The second-order valence-electron chi connectivity index (χ2n) is 16.0. The summed E-state index contributed by atoms with van der Waals surface area (Å²) in [4.78, 5) is 5.13. The maximum atomic E-state index is 12.0. The number of hydrogen-bond donors (Lipinski definition) is 1. The molecule has 0 saturated carbocycles. The van der Waals surface area contributed by atoms with Crippen molar-refractivity contribution in [1.82, 2.24) is 4.98 Å². The van der Waals surface area contributed by atoms with Crippen LogP contribution in [-0.4, -0.2) is 10.1 Å². The first-order valence-corrected chi connectivity index (χ1v) is 17.4. The Kier molecular flexibility index (Phi) is 11.9. The zero-order valence-electron chi connectivity index (χ0n) is 31.4. The van der Waals surface area contributed by atoms with E-state index in [1.807, 2.05) is 12.1 Å². The van der Waals surface area contributed by atoms with Crippen molar-refractivity contribution in [2.45, 2.75) is 105 Å². The zero-order chi connectivity index (χ0) is 35.0. The topological polar surface area (TPSA) is 47.2 Å². The van der Waals surface area contributed by atoms with Crippen LogP contribution in [0.2, 0.25) is 0 Å². The Hall–Kier alpha value is -3.50. The fraction of sp³-hybridized carbons (Fsp3) is 0.356. The number of hydrogen-bond acceptors (Lipinski definition) is 2. The van der Waals surface area contributed by atoms with E-state index >= 15 is 0 Å². The van der Waals surface area contributed by atoms with E-state index in [9.17, 15) is 5.11 Å². The Morgan fingerprint density at radius 1 is 0.633 bits per heavy atom. The molecule has 0 atom stereocenters. The fourth-order valence-electron chi connectivity index (χ4n) is 6.37. The summed E-state index contributed by atoms with van der Waals surface area (Å²) in [7, 11) is 0. The predicted octanol–water partition coefficient (Wildman–Crippen LogP) is 13.1. The van der Waals surface area contributed by atoms with Crippen molar-refractivity contribution in [1.29, 1.82) is 0 Å². The summed E-state index contributed by atoms with van der Waals surface area (Å²) >= 11 is 0.